The van der Waals surface area contributed by atoms with Crippen LogP contribution in [0.4, 0.5) is 8.78 Å². The van der Waals surface area contributed by atoms with Crippen LogP contribution in [-0.2, 0) is 11.2 Å². The van der Waals surface area contributed by atoms with Crippen molar-refractivity contribution >= 4 is 5.97 Å². The van der Waals surface area contributed by atoms with Crippen molar-refractivity contribution in [1.82, 2.24) is 4.98 Å². The monoisotopic (exact) mass is 429 g/mol. The van der Waals surface area contributed by atoms with Gasteiger partial charge >= 0.3 is 5.97 Å². The van der Waals surface area contributed by atoms with Crippen molar-refractivity contribution in [2.24, 2.45) is 0 Å². The lowest BCUT2D eigenvalue weighted by atomic mass is 9.96. The first-order chi connectivity index (χ1) is 14.7. The Labute approximate surface area is 177 Å². The second kappa shape index (κ2) is 9.09. The van der Waals surface area contributed by atoms with Gasteiger partial charge in [0.05, 0.1) is 0 Å². The number of carboxylic acid groups (broad SMARTS) is 1. The summed E-state index contributed by atoms with van der Waals surface area (Å²) in [5.74, 6) is -2.69. The van der Waals surface area contributed by atoms with Crippen molar-refractivity contribution in [2.45, 2.75) is 26.4 Å². The SMILES string of the molecule is Cc1cc(OCC(=O)O)c(F)c(C)c1Cc1ccc(O)c(C(O)c2ccc(F)cc2)n1. The van der Waals surface area contributed by atoms with Crippen molar-refractivity contribution in [1.29, 1.82) is 0 Å². The number of aromatic nitrogens is 1. The van der Waals surface area contributed by atoms with Gasteiger partial charge in [-0.25, -0.2) is 13.6 Å². The first-order valence-electron chi connectivity index (χ1n) is 9.42. The molecule has 1 heterocycles. The number of hydrogen-bond donors (Lipinski definition) is 3. The van der Waals surface area contributed by atoms with Gasteiger partial charge < -0.3 is 20.1 Å². The minimum atomic E-state index is -1.27. The summed E-state index contributed by atoms with van der Waals surface area (Å²) in [6.07, 6.45) is -1.07. The number of pyridine rings is 1. The van der Waals surface area contributed by atoms with Crippen molar-refractivity contribution in [3.63, 3.8) is 0 Å². The summed E-state index contributed by atoms with van der Waals surface area (Å²) >= 11 is 0. The van der Waals surface area contributed by atoms with E-state index in [0.717, 1.165) is 0 Å². The molecule has 0 fully saturated rings. The summed E-state index contributed by atoms with van der Waals surface area (Å²) in [6.45, 7) is 2.64. The molecule has 162 valence electrons. The number of nitrogens with zero attached hydrogens (tertiary/aromatic N) is 1. The summed E-state index contributed by atoms with van der Waals surface area (Å²) in [6, 6.07) is 9.55. The molecule has 0 radical (unpaired) electrons. The molecule has 0 aliphatic carbocycles. The van der Waals surface area contributed by atoms with Gasteiger partial charge in [0.25, 0.3) is 0 Å². The average molecular weight is 429 g/mol. The van der Waals surface area contributed by atoms with Crippen LogP contribution in [0.2, 0.25) is 0 Å². The number of aliphatic hydroxyl groups excluding tert-OH is 1. The molecule has 1 aromatic heterocycles. The van der Waals surface area contributed by atoms with Gasteiger partial charge in [-0.2, -0.15) is 0 Å². The summed E-state index contributed by atoms with van der Waals surface area (Å²) in [5, 5.41) is 29.5. The van der Waals surface area contributed by atoms with Gasteiger partial charge in [0, 0.05) is 12.1 Å². The molecule has 3 aromatic rings. The van der Waals surface area contributed by atoms with Crippen molar-refractivity contribution in [3.05, 3.63) is 87.7 Å². The van der Waals surface area contributed by atoms with Crippen LogP contribution in [0.25, 0.3) is 0 Å². The molecule has 0 saturated heterocycles. The maximum absolute atomic E-state index is 14.7. The molecule has 2 aromatic carbocycles. The molecule has 3 N–H and O–H groups in total. The van der Waals surface area contributed by atoms with Crippen LogP contribution in [-0.4, -0.2) is 32.9 Å². The van der Waals surface area contributed by atoms with E-state index in [2.05, 4.69) is 4.98 Å². The minimum Gasteiger partial charge on any atom is -0.506 e. The van der Waals surface area contributed by atoms with Crippen LogP contribution in [0.1, 0.15) is 39.7 Å². The average Bonchev–Trinajstić information content (AvgIpc) is 2.74. The molecular formula is C23H21F2NO5. The molecule has 0 bridgehead atoms. The van der Waals surface area contributed by atoms with E-state index in [1.165, 1.54) is 36.4 Å². The standard InChI is InChI=1S/C23H21F2NO5/c1-12-9-19(31-11-20(28)29)21(25)13(2)17(12)10-16-7-8-18(27)22(26-16)23(30)14-3-5-15(24)6-4-14/h3-9,23,27,30H,10-11H2,1-2H3,(H,28,29). The predicted octanol–water partition coefficient (Wildman–Crippen LogP) is 3.82. The molecule has 1 unspecified atom stereocenters. The van der Waals surface area contributed by atoms with Crippen molar-refractivity contribution in [3.8, 4) is 11.5 Å². The van der Waals surface area contributed by atoms with Crippen LogP contribution in [0.3, 0.4) is 0 Å². The Morgan fingerprint density at radius 2 is 1.81 bits per heavy atom. The van der Waals surface area contributed by atoms with Crippen molar-refractivity contribution < 1.29 is 33.6 Å². The molecule has 6 nitrogen and oxygen atoms in total. The zero-order valence-corrected chi connectivity index (χ0v) is 16.9. The fourth-order valence-corrected chi connectivity index (χ4v) is 3.27. The maximum Gasteiger partial charge on any atom is 0.341 e. The van der Waals surface area contributed by atoms with E-state index in [1.54, 1.807) is 19.9 Å². The molecule has 0 spiro atoms. The molecule has 3 rings (SSSR count). The lowest BCUT2D eigenvalue weighted by Crippen LogP contribution is -2.12. The number of halogens is 2. The van der Waals surface area contributed by atoms with Crippen LogP contribution in [0, 0.1) is 25.5 Å². The Balaban J connectivity index is 1.91. The summed E-state index contributed by atoms with van der Waals surface area (Å²) in [5.41, 5.74) is 2.42. The number of carboxylic acids is 1. The number of ether oxygens (including phenoxy) is 1. The normalized spacial score (nSPS) is 11.9. The highest BCUT2D eigenvalue weighted by atomic mass is 19.1. The quantitative estimate of drug-likeness (QED) is 0.528. The maximum atomic E-state index is 14.7. The fraction of sp³-hybridized carbons (Fsp3) is 0.217. The predicted molar refractivity (Wildman–Crippen MR) is 108 cm³/mol. The highest BCUT2D eigenvalue weighted by Gasteiger charge is 2.20. The fourth-order valence-electron chi connectivity index (χ4n) is 3.27. The minimum absolute atomic E-state index is 0.00120. The van der Waals surface area contributed by atoms with Gasteiger partial charge in [0.2, 0.25) is 0 Å². The third-order valence-electron chi connectivity index (χ3n) is 4.94. The lowest BCUT2D eigenvalue weighted by molar-refractivity contribution is -0.139. The topological polar surface area (TPSA) is 99.9 Å². The summed E-state index contributed by atoms with van der Waals surface area (Å²) < 4.78 is 32.8. The molecule has 0 aliphatic rings. The van der Waals surface area contributed by atoms with E-state index in [0.29, 0.717) is 22.4 Å². The Morgan fingerprint density at radius 3 is 2.45 bits per heavy atom. The van der Waals surface area contributed by atoms with E-state index in [4.69, 9.17) is 9.84 Å². The van der Waals surface area contributed by atoms with E-state index >= 15 is 0 Å². The van der Waals surface area contributed by atoms with Gasteiger partial charge in [-0.05, 0) is 66.4 Å². The third kappa shape index (κ3) is 4.97. The van der Waals surface area contributed by atoms with Crippen molar-refractivity contribution in [2.75, 3.05) is 6.61 Å². The van der Waals surface area contributed by atoms with Gasteiger partial charge in [-0.3, -0.25) is 4.98 Å². The number of benzene rings is 2. The Hall–Kier alpha value is -3.52. The smallest absolute Gasteiger partial charge is 0.341 e. The number of aromatic hydroxyl groups is 1. The molecule has 0 saturated carbocycles. The highest BCUT2D eigenvalue weighted by molar-refractivity contribution is 5.68. The van der Waals surface area contributed by atoms with Crippen LogP contribution in [0.15, 0.2) is 42.5 Å². The lowest BCUT2D eigenvalue weighted by Gasteiger charge is -2.16. The summed E-state index contributed by atoms with van der Waals surface area (Å²) in [7, 11) is 0. The van der Waals surface area contributed by atoms with E-state index in [1.807, 2.05) is 0 Å². The number of aryl methyl sites for hydroxylation is 1. The van der Waals surface area contributed by atoms with Crippen LogP contribution in [0.5, 0.6) is 11.5 Å². The first-order valence-corrected chi connectivity index (χ1v) is 9.42. The van der Waals surface area contributed by atoms with Gasteiger partial charge in [0.15, 0.2) is 18.2 Å². The largest absolute Gasteiger partial charge is 0.506 e. The molecule has 8 heteroatoms. The second-order valence-corrected chi connectivity index (χ2v) is 7.13. The van der Waals surface area contributed by atoms with E-state index in [-0.39, 0.29) is 29.2 Å². The molecule has 31 heavy (non-hydrogen) atoms. The molecule has 1 atom stereocenters. The van der Waals surface area contributed by atoms with Gasteiger partial charge in [-0.15, -0.1) is 0 Å². The van der Waals surface area contributed by atoms with Crippen LogP contribution < -0.4 is 4.74 Å². The zero-order valence-electron chi connectivity index (χ0n) is 16.9. The number of rotatable bonds is 7. The van der Waals surface area contributed by atoms with Gasteiger partial charge in [0.1, 0.15) is 23.4 Å². The van der Waals surface area contributed by atoms with E-state index in [9.17, 15) is 23.8 Å². The number of carbonyl (C=O) groups is 1. The Morgan fingerprint density at radius 1 is 1.13 bits per heavy atom. The number of aliphatic carboxylic acids is 1. The van der Waals surface area contributed by atoms with E-state index < -0.39 is 30.3 Å². The third-order valence-corrected chi connectivity index (χ3v) is 4.94. The number of aliphatic hydroxyl groups is 1. The highest BCUT2D eigenvalue weighted by Crippen LogP contribution is 2.31. The first kappa shape index (κ1) is 22.2. The van der Waals surface area contributed by atoms with Crippen LogP contribution >= 0.6 is 0 Å². The van der Waals surface area contributed by atoms with Gasteiger partial charge in [-0.1, -0.05) is 12.1 Å². The molecule has 0 amide bonds. The molecule has 0 aliphatic heterocycles. The number of hydrogen-bond acceptors (Lipinski definition) is 5. The molecular weight excluding hydrogens is 408 g/mol. The Kier molecular flexibility index (Phi) is 6.50. The second-order valence-electron chi connectivity index (χ2n) is 7.13. The zero-order chi connectivity index (χ0) is 22.7. The Bertz CT molecular complexity index is 1120. The summed E-state index contributed by atoms with van der Waals surface area (Å²) in [4.78, 5) is 15.0.